The van der Waals surface area contributed by atoms with E-state index in [4.69, 9.17) is 5.10 Å². The molecule has 0 atom stereocenters. The van der Waals surface area contributed by atoms with Crippen molar-refractivity contribution in [3.05, 3.63) is 59.9 Å². The lowest BCUT2D eigenvalue weighted by molar-refractivity contribution is 0.197. The summed E-state index contributed by atoms with van der Waals surface area (Å²) in [6.45, 7) is 5.94. The molecule has 1 N–H and O–H groups in total. The molecule has 5 rings (SSSR count). The van der Waals surface area contributed by atoms with Crippen LogP contribution in [0.25, 0.3) is 5.69 Å². The molecule has 7 nitrogen and oxygen atoms in total. The fraction of sp³-hybridized carbons (Fsp3) is 0.450. The molecule has 148 valence electrons. The van der Waals surface area contributed by atoms with Gasteiger partial charge in [0.05, 0.1) is 17.9 Å². The average Bonchev–Trinajstić information content (AvgIpc) is 3.37. The highest BCUT2D eigenvalue weighted by molar-refractivity contribution is 5.85. The fourth-order valence-corrected chi connectivity index (χ4v) is 4.17. The molecule has 2 aromatic heterocycles. The molecule has 0 unspecified atom stereocenters. The third-order valence-corrected chi connectivity index (χ3v) is 5.65. The van der Waals surface area contributed by atoms with Crippen LogP contribution in [-0.2, 0) is 19.6 Å². The number of nitrogens with one attached hydrogen (secondary N) is 1. The van der Waals surface area contributed by atoms with Gasteiger partial charge in [0.15, 0.2) is 0 Å². The highest BCUT2D eigenvalue weighted by Gasteiger charge is 2.27. The second-order valence-corrected chi connectivity index (χ2v) is 7.44. The fourth-order valence-electron chi connectivity index (χ4n) is 4.17. The molecule has 1 aromatic carbocycles. The summed E-state index contributed by atoms with van der Waals surface area (Å²) in [6, 6.07) is 12.4. The van der Waals surface area contributed by atoms with Gasteiger partial charge in [-0.15, -0.1) is 22.6 Å². The van der Waals surface area contributed by atoms with Gasteiger partial charge in [-0.05, 0) is 44.1 Å². The molecule has 1 fully saturated rings. The first-order chi connectivity index (χ1) is 13.4. The molecule has 2 aliphatic rings. The number of halogens is 1. The molecule has 0 spiro atoms. The van der Waals surface area contributed by atoms with Crippen molar-refractivity contribution in [3.8, 4) is 5.69 Å². The Morgan fingerprint density at radius 3 is 2.64 bits per heavy atom. The number of aromatic nitrogens is 5. The maximum atomic E-state index is 4.74. The normalized spacial score (nSPS) is 17.9. The molecule has 0 radical (unpaired) electrons. The van der Waals surface area contributed by atoms with E-state index in [0.29, 0.717) is 5.92 Å². The minimum absolute atomic E-state index is 0. The van der Waals surface area contributed by atoms with Crippen LogP contribution in [0.3, 0.4) is 0 Å². The van der Waals surface area contributed by atoms with Gasteiger partial charge >= 0.3 is 0 Å². The predicted octanol–water partition coefficient (Wildman–Crippen LogP) is 2.37. The van der Waals surface area contributed by atoms with Crippen LogP contribution < -0.4 is 5.32 Å². The first-order valence-corrected chi connectivity index (χ1v) is 9.82. The van der Waals surface area contributed by atoms with Gasteiger partial charge in [0.2, 0.25) is 0 Å². The average molecular weight is 400 g/mol. The van der Waals surface area contributed by atoms with Crippen LogP contribution in [0, 0.1) is 0 Å². The van der Waals surface area contributed by atoms with E-state index in [2.05, 4.69) is 43.2 Å². The summed E-state index contributed by atoms with van der Waals surface area (Å²) in [5, 5.41) is 17.0. The number of benzene rings is 1. The van der Waals surface area contributed by atoms with Crippen LogP contribution in [-0.4, -0.2) is 49.1 Å². The first-order valence-electron chi connectivity index (χ1n) is 9.82. The quantitative estimate of drug-likeness (QED) is 0.729. The summed E-state index contributed by atoms with van der Waals surface area (Å²) in [5.74, 6) is 2.81. The maximum absolute atomic E-state index is 4.74. The smallest absolute Gasteiger partial charge is 0.147 e. The van der Waals surface area contributed by atoms with Crippen molar-refractivity contribution in [3.63, 3.8) is 0 Å². The summed E-state index contributed by atoms with van der Waals surface area (Å²) >= 11 is 0. The molecule has 0 amide bonds. The third kappa shape index (κ3) is 3.83. The van der Waals surface area contributed by atoms with E-state index in [9.17, 15) is 0 Å². The number of hydrogen-bond acceptors (Lipinski definition) is 5. The predicted molar refractivity (Wildman–Crippen MR) is 110 cm³/mol. The van der Waals surface area contributed by atoms with Gasteiger partial charge in [-0.2, -0.15) is 5.10 Å². The van der Waals surface area contributed by atoms with Crippen LogP contribution in [0.4, 0.5) is 0 Å². The van der Waals surface area contributed by atoms with E-state index in [1.165, 1.54) is 5.82 Å². The van der Waals surface area contributed by atoms with E-state index in [1.54, 1.807) is 0 Å². The number of nitrogens with zero attached hydrogens (tertiary/aromatic N) is 6. The first kappa shape index (κ1) is 19.1. The van der Waals surface area contributed by atoms with Gasteiger partial charge in [-0.25, -0.2) is 4.68 Å². The van der Waals surface area contributed by atoms with Crippen molar-refractivity contribution in [1.82, 2.24) is 34.8 Å². The van der Waals surface area contributed by atoms with Crippen LogP contribution in [0.1, 0.15) is 36.1 Å². The van der Waals surface area contributed by atoms with Crippen LogP contribution >= 0.6 is 12.4 Å². The minimum Gasteiger partial charge on any atom is -0.312 e. The summed E-state index contributed by atoms with van der Waals surface area (Å²) in [6.07, 6.45) is 4.34. The molecule has 2 aliphatic heterocycles. The summed E-state index contributed by atoms with van der Waals surface area (Å²) < 4.78 is 4.29. The molecule has 1 saturated heterocycles. The third-order valence-electron chi connectivity index (χ3n) is 5.65. The van der Waals surface area contributed by atoms with E-state index >= 15 is 0 Å². The van der Waals surface area contributed by atoms with E-state index in [0.717, 1.165) is 69.3 Å². The largest absolute Gasteiger partial charge is 0.312 e. The zero-order valence-corrected chi connectivity index (χ0v) is 16.7. The summed E-state index contributed by atoms with van der Waals surface area (Å²) in [4.78, 5) is 2.50. The Kier molecular flexibility index (Phi) is 5.75. The topological polar surface area (TPSA) is 63.8 Å². The summed E-state index contributed by atoms with van der Waals surface area (Å²) in [7, 11) is 0. The number of hydrogen-bond donors (Lipinski definition) is 1. The highest BCUT2D eigenvalue weighted by Crippen LogP contribution is 2.28. The Labute approximate surface area is 171 Å². The Bertz CT molecular complexity index is 896. The van der Waals surface area contributed by atoms with Crippen molar-refractivity contribution in [2.75, 3.05) is 19.6 Å². The van der Waals surface area contributed by atoms with Crippen LogP contribution in [0.5, 0.6) is 0 Å². The van der Waals surface area contributed by atoms with Crippen molar-refractivity contribution >= 4 is 12.4 Å². The van der Waals surface area contributed by atoms with Gasteiger partial charge in [-0.1, -0.05) is 18.2 Å². The standard InChI is InChI=1S/C20H25N7.ClH/c1-2-4-18(5-3-1)27-12-8-17(24-27)15-25-10-6-16(7-11-25)20-23-22-19-14-21-9-13-26(19)20;/h1-5,8,12,16,21H,6-7,9-11,13-15H2;1H. The van der Waals surface area contributed by atoms with Crippen molar-refractivity contribution < 1.29 is 0 Å². The Morgan fingerprint density at radius 1 is 1.00 bits per heavy atom. The molecular weight excluding hydrogens is 374 g/mol. The number of fused-ring (bicyclic) bond motifs is 1. The Balaban J connectivity index is 0.00000192. The van der Waals surface area contributed by atoms with Crippen molar-refractivity contribution in [1.29, 1.82) is 0 Å². The van der Waals surface area contributed by atoms with Gasteiger partial charge in [-0.3, -0.25) is 4.90 Å². The van der Waals surface area contributed by atoms with Crippen LogP contribution in [0.15, 0.2) is 42.6 Å². The lowest BCUT2D eigenvalue weighted by Crippen LogP contribution is -2.34. The zero-order chi connectivity index (χ0) is 18.1. The lowest BCUT2D eigenvalue weighted by atomic mass is 9.95. The van der Waals surface area contributed by atoms with Gasteiger partial charge in [0.1, 0.15) is 11.6 Å². The van der Waals surface area contributed by atoms with Crippen molar-refractivity contribution in [2.45, 2.75) is 38.4 Å². The lowest BCUT2D eigenvalue weighted by Gasteiger charge is -2.31. The maximum Gasteiger partial charge on any atom is 0.147 e. The zero-order valence-electron chi connectivity index (χ0n) is 15.9. The minimum atomic E-state index is 0. The second kappa shape index (κ2) is 8.43. The monoisotopic (exact) mass is 399 g/mol. The van der Waals surface area contributed by atoms with E-state index in [1.807, 2.05) is 29.1 Å². The Hall–Kier alpha value is -2.22. The van der Waals surface area contributed by atoms with Gasteiger partial charge in [0, 0.05) is 31.7 Å². The highest BCUT2D eigenvalue weighted by atomic mass is 35.5. The van der Waals surface area contributed by atoms with Crippen molar-refractivity contribution in [2.24, 2.45) is 0 Å². The van der Waals surface area contributed by atoms with E-state index < -0.39 is 0 Å². The number of rotatable bonds is 4. The molecule has 0 aliphatic carbocycles. The SMILES string of the molecule is Cl.c1ccc(-n2ccc(CN3CCC(c4nnc5n4CCNC5)CC3)n2)cc1. The number of likely N-dealkylation sites (tertiary alicyclic amines) is 1. The molecule has 8 heteroatoms. The Morgan fingerprint density at radius 2 is 1.82 bits per heavy atom. The summed E-state index contributed by atoms with van der Waals surface area (Å²) in [5.41, 5.74) is 2.23. The molecule has 0 bridgehead atoms. The molecule has 3 aromatic rings. The molecular formula is C20H26ClN7. The van der Waals surface area contributed by atoms with Gasteiger partial charge < -0.3 is 9.88 Å². The number of para-hydroxylation sites is 1. The van der Waals surface area contributed by atoms with Crippen LogP contribution in [0.2, 0.25) is 0 Å². The second-order valence-electron chi connectivity index (χ2n) is 7.44. The van der Waals surface area contributed by atoms with E-state index in [-0.39, 0.29) is 12.4 Å². The molecule has 4 heterocycles. The van der Waals surface area contributed by atoms with Gasteiger partial charge in [0.25, 0.3) is 0 Å². The molecule has 28 heavy (non-hydrogen) atoms. The molecule has 0 saturated carbocycles. The number of piperidine rings is 1.